The summed E-state index contributed by atoms with van der Waals surface area (Å²) in [5.41, 5.74) is 5.40. The second-order valence-electron chi connectivity index (χ2n) is 2.88. The van der Waals surface area contributed by atoms with Crippen molar-refractivity contribution in [2.45, 2.75) is 0 Å². The van der Waals surface area contributed by atoms with Crippen LogP contribution >= 0.6 is 0 Å². The molecule has 1 aromatic carbocycles. The molecule has 0 aliphatic carbocycles. The summed E-state index contributed by atoms with van der Waals surface area (Å²) in [7, 11) is 0. The van der Waals surface area contributed by atoms with E-state index >= 15 is 0 Å². The highest BCUT2D eigenvalue weighted by molar-refractivity contribution is 5.95. The second-order valence-corrected chi connectivity index (χ2v) is 2.88. The van der Waals surface area contributed by atoms with Crippen LogP contribution in [0, 0.1) is 10.1 Å². The van der Waals surface area contributed by atoms with Gasteiger partial charge >= 0.3 is 0 Å². The first-order chi connectivity index (χ1) is 7.09. The third-order valence-corrected chi connectivity index (χ3v) is 1.92. The standard InChI is InChI=1S/C8H6N4O3/c9-7(13)8-10-4-2-1-3-5(12(14)15)6(4)11-8/h1-3H,(H2,9,13)(H,10,11). The molecule has 0 aliphatic rings. The number of nitrogens with one attached hydrogen (secondary N) is 1. The molecule has 0 fully saturated rings. The average molecular weight is 206 g/mol. The summed E-state index contributed by atoms with van der Waals surface area (Å²) >= 11 is 0. The molecule has 0 saturated heterocycles. The fourth-order valence-corrected chi connectivity index (χ4v) is 1.28. The number of fused-ring (bicyclic) bond motifs is 1. The average Bonchev–Trinajstić information content (AvgIpc) is 2.60. The van der Waals surface area contributed by atoms with Crippen LogP contribution in [0.25, 0.3) is 11.0 Å². The van der Waals surface area contributed by atoms with Gasteiger partial charge in [-0.1, -0.05) is 6.07 Å². The Bertz CT molecular complexity index is 560. The van der Waals surface area contributed by atoms with Crippen LogP contribution in [0.5, 0.6) is 0 Å². The molecule has 0 saturated carbocycles. The number of carbonyl (C=O) groups is 1. The number of amides is 1. The van der Waals surface area contributed by atoms with E-state index in [1.165, 1.54) is 12.1 Å². The number of nitrogens with two attached hydrogens (primary N) is 1. The lowest BCUT2D eigenvalue weighted by molar-refractivity contribution is -0.383. The van der Waals surface area contributed by atoms with Crippen LogP contribution in [0.4, 0.5) is 5.69 Å². The maximum atomic E-state index is 10.8. The zero-order valence-corrected chi connectivity index (χ0v) is 7.43. The number of aromatic nitrogens is 2. The number of nitro benzene ring substituents is 1. The maximum absolute atomic E-state index is 10.8. The number of imidazole rings is 1. The van der Waals surface area contributed by atoms with E-state index in [2.05, 4.69) is 9.97 Å². The number of H-pyrrole nitrogens is 1. The number of benzene rings is 1. The van der Waals surface area contributed by atoms with Crippen LogP contribution in [0.3, 0.4) is 0 Å². The van der Waals surface area contributed by atoms with Gasteiger partial charge in [0.2, 0.25) is 0 Å². The van der Waals surface area contributed by atoms with Crippen molar-refractivity contribution >= 4 is 22.6 Å². The van der Waals surface area contributed by atoms with Crippen molar-refractivity contribution in [3.8, 4) is 0 Å². The van der Waals surface area contributed by atoms with E-state index in [1.807, 2.05) is 0 Å². The predicted molar refractivity (Wildman–Crippen MR) is 51.3 cm³/mol. The topological polar surface area (TPSA) is 115 Å². The van der Waals surface area contributed by atoms with E-state index in [0.717, 1.165) is 0 Å². The van der Waals surface area contributed by atoms with Crippen molar-refractivity contribution in [2.24, 2.45) is 5.73 Å². The van der Waals surface area contributed by atoms with Gasteiger partial charge in [-0.05, 0) is 6.07 Å². The smallest absolute Gasteiger partial charge is 0.297 e. The van der Waals surface area contributed by atoms with Crippen LogP contribution in [0.2, 0.25) is 0 Å². The summed E-state index contributed by atoms with van der Waals surface area (Å²) in [5.74, 6) is -0.834. The number of rotatable bonds is 2. The van der Waals surface area contributed by atoms with Gasteiger partial charge in [0, 0.05) is 6.07 Å². The highest BCUT2D eigenvalue weighted by atomic mass is 16.6. The number of non-ortho nitro benzene ring substituents is 1. The lowest BCUT2D eigenvalue weighted by Gasteiger charge is -1.90. The first-order valence-corrected chi connectivity index (χ1v) is 4.02. The molecule has 1 aromatic heterocycles. The molecule has 0 atom stereocenters. The zero-order chi connectivity index (χ0) is 11.0. The number of aromatic amines is 1. The first kappa shape index (κ1) is 9.13. The molecule has 3 N–H and O–H groups in total. The van der Waals surface area contributed by atoms with Gasteiger partial charge in [0.05, 0.1) is 10.4 Å². The summed E-state index contributed by atoms with van der Waals surface area (Å²) in [6.45, 7) is 0. The highest BCUT2D eigenvalue weighted by Crippen LogP contribution is 2.22. The van der Waals surface area contributed by atoms with Crippen LogP contribution < -0.4 is 5.73 Å². The molecule has 76 valence electrons. The number of primary amides is 1. The van der Waals surface area contributed by atoms with E-state index in [9.17, 15) is 14.9 Å². The number of hydrogen-bond acceptors (Lipinski definition) is 4. The van der Waals surface area contributed by atoms with Gasteiger partial charge in [-0.2, -0.15) is 0 Å². The molecule has 15 heavy (non-hydrogen) atoms. The van der Waals surface area contributed by atoms with Crippen LogP contribution in [0.15, 0.2) is 18.2 Å². The van der Waals surface area contributed by atoms with Crippen molar-refractivity contribution in [1.82, 2.24) is 9.97 Å². The molecule has 0 bridgehead atoms. The Labute approximate surface area is 83.1 Å². The Morgan fingerprint density at radius 1 is 1.53 bits per heavy atom. The minimum absolute atomic E-state index is 0.0840. The molecule has 1 heterocycles. The minimum Gasteiger partial charge on any atom is -0.363 e. The molecule has 0 unspecified atom stereocenters. The number of nitro groups is 1. The number of nitrogens with zero attached hydrogens (tertiary/aromatic N) is 2. The zero-order valence-electron chi connectivity index (χ0n) is 7.43. The van der Waals surface area contributed by atoms with Crippen molar-refractivity contribution in [3.05, 3.63) is 34.1 Å². The van der Waals surface area contributed by atoms with Crippen molar-refractivity contribution < 1.29 is 9.72 Å². The summed E-state index contributed by atoms with van der Waals surface area (Å²) in [4.78, 5) is 27.2. The summed E-state index contributed by atoms with van der Waals surface area (Å²) in [6.07, 6.45) is 0. The van der Waals surface area contributed by atoms with E-state index in [-0.39, 0.29) is 17.0 Å². The van der Waals surface area contributed by atoms with E-state index in [4.69, 9.17) is 5.73 Å². The Hall–Kier alpha value is -2.44. The summed E-state index contributed by atoms with van der Waals surface area (Å²) < 4.78 is 0. The van der Waals surface area contributed by atoms with Gasteiger partial charge in [0.25, 0.3) is 11.6 Å². The molecular formula is C8H6N4O3. The van der Waals surface area contributed by atoms with E-state index < -0.39 is 10.8 Å². The van der Waals surface area contributed by atoms with Crippen molar-refractivity contribution in [1.29, 1.82) is 0 Å². The molecule has 0 spiro atoms. The van der Waals surface area contributed by atoms with Gasteiger partial charge in [0.1, 0.15) is 0 Å². The predicted octanol–water partition coefficient (Wildman–Crippen LogP) is 0.570. The third-order valence-electron chi connectivity index (χ3n) is 1.92. The fourth-order valence-electron chi connectivity index (χ4n) is 1.28. The van der Waals surface area contributed by atoms with Crippen LogP contribution in [-0.2, 0) is 0 Å². The van der Waals surface area contributed by atoms with Gasteiger partial charge in [-0.15, -0.1) is 0 Å². The fraction of sp³-hybridized carbons (Fsp3) is 0. The summed E-state index contributed by atoms with van der Waals surface area (Å²) in [5, 5.41) is 10.6. The number of para-hydroxylation sites is 1. The maximum Gasteiger partial charge on any atom is 0.297 e. The molecule has 7 nitrogen and oxygen atoms in total. The molecular weight excluding hydrogens is 200 g/mol. The van der Waals surface area contributed by atoms with Gasteiger partial charge < -0.3 is 10.7 Å². The van der Waals surface area contributed by atoms with E-state index in [1.54, 1.807) is 6.07 Å². The molecule has 1 amide bonds. The van der Waals surface area contributed by atoms with Crippen LogP contribution in [0.1, 0.15) is 10.6 Å². The van der Waals surface area contributed by atoms with E-state index in [0.29, 0.717) is 5.52 Å². The number of hydrogen-bond donors (Lipinski definition) is 2. The largest absolute Gasteiger partial charge is 0.363 e. The molecule has 2 aromatic rings. The SMILES string of the molecule is NC(=O)c1nc2c([N+](=O)[O-])cccc2[nH]1. The van der Waals surface area contributed by atoms with Gasteiger partial charge in [-0.25, -0.2) is 4.98 Å². The Morgan fingerprint density at radius 2 is 2.27 bits per heavy atom. The highest BCUT2D eigenvalue weighted by Gasteiger charge is 2.16. The Balaban J connectivity index is 2.75. The lowest BCUT2D eigenvalue weighted by Crippen LogP contribution is -2.12. The molecule has 0 radical (unpaired) electrons. The Kier molecular flexibility index (Phi) is 1.86. The normalized spacial score (nSPS) is 10.4. The number of carbonyl (C=O) groups excluding carboxylic acids is 1. The summed E-state index contributed by atoms with van der Waals surface area (Å²) in [6, 6.07) is 4.40. The second kappa shape index (κ2) is 3.05. The minimum atomic E-state index is -0.750. The Morgan fingerprint density at radius 3 is 2.87 bits per heavy atom. The molecule has 7 heteroatoms. The quantitative estimate of drug-likeness (QED) is 0.551. The van der Waals surface area contributed by atoms with Crippen molar-refractivity contribution in [2.75, 3.05) is 0 Å². The lowest BCUT2D eigenvalue weighted by atomic mass is 10.3. The van der Waals surface area contributed by atoms with Crippen molar-refractivity contribution in [3.63, 3.8) is 0 Å². The van der Waals surface area contributed by atoms with Crippen LogP contribution in [-0.4, -0.2) is 20.8 Å². The monoisotopic (exact) mass is 206 g/mol. The van der Waals surface area contributed by atoms with Gasteiger partial charge in [0.15, 0.2) is 11.3 Å². The van der Waals surface area contributed by atoms with Gasteiger partial charge in [-0.3, -0.25) is 14.9 Å². The first-order valence-electron chi connectivity index (χ1n) is 4.02. The molecule has 0 aliphatic heterocycles. The molecule has 2 rings (SSSR count). The third kappa shape index (κ3) is 1.39.